The maximum absolute atomic E-state index is 12.8. The van der Waals surface area contributed by atoms with Crippen LogP contribution in [0, 0.1) is 0 Å². The number of halogens is 1. The third-order valence-corrected chi connectivity index (χ3v) is 5.99. The fraction of sp³-hybridized carbons (Fsp3) is 0.350. The molecule has 8 nitrogen and oxygen atoms in total. The number of hydrogen-bond donors (Lipinski definition) is 2. The van der Waals surface area contributed by atoms with Crippen LogP contribution in [0.25, 0.3) is 0 Å². The highest BCUT2D eigenvalue weighted by molar-refractivity contribution is 7.91. The predicted molar refractivity (Wildman–Crippen MR) is 109 cm³/mol. The second-order valence-corrected chi connectivity index (χ2v) is 8.55. The molecule has 0 bridgehead atoms. The SMILES string of the molecule is CC(=O)O[C@@H](CCl)COc1ccc(S(=O)(=O)c2ccc(OC[C@H](O)CO)cc2)cc1. The second kappa shape index (κ2) is 11.2. The van der Waals surface area contributed by atoms with Crippen molar-refractivity contribution in [3.8, 4) is 11.5 Å². The Labute approximate surface area is 179 Å². The molecule has 164 valence electrons. The summed E-state index contributed by atoms with van der Waals surface area (Å²) in [7, 11) is -3.75. The number of aliphatic hydroxyl groups is 2. The van der Waals surface area contributed by atoms with E-state index in [2.05, 4.69) is 0 Å². The molecule has 0 fully saturated rings. The summed E-state index contributed by atoms with van der Waals surface area (Å²) in [5, 5.41) is 18.1. The Bertz CT molecular complexity index is 913. The zero-order valence-electron chi connectivity index (χ0n) is 16.2. The van der Waals surface area contributed by atoms with Crippen molar-refractivity contribution in [2.75, 3.05) is 25.7 Å². The average molecular weight is 459 g/mol. The first-order chi connectivity index (χ1) is 14.3. The molecule has 30 heavy (non-hydrogen) atoms. The van der Waals surface area contributed by atoms with Gasteiger partial charge in [0.1, 0.15) is 36.9 Å². The minimum absolute atomic E-state index is 0.0433. The molecule has 2 aromatic carbocycles. The number of ether oxygens (including phenoxy) is 3. The van der Waals surface area contributed by atoms with Gasteiger partial charge in [0.25, 0.3) is 0 Å². The Morgan fingerprint density at radius 1 is 0.967 bits per heavy atom. The largest absolute Gasteiger partial charge is 0.491 e. The second-order valence-electron chi connectivity index (χ2n) is 6.29. The monoisotopic (exact) mass is 458 g/mol. The molecule has 0 aromatic heterocycles. The van der Waals surface area contributed by atoms with Crippen LogP contribution in [-0.2, 0) is 19.4 Å². The summed E-state index contributed by atoms with van der Waals surface area (Å²) in [5.74, 6) is 0.381. The summed E-state index contributed by atoms with van der Waals surface area (Å²) in [6.45, 7) is 0.784. The van der Waals surface area contributed by atoms with Crippen molar-refractivity contribution in [1.29, 1.82) is 0 Å². The van der Waals surface area contributed by atoms with Crippen LogP contribution in [0.5, 0.6) is 11.5 Å². The lowest BCUT2D eigenvalue weighted by atomic mass is 10.3. The van der Waals surface area contributed by atoms with Crippen LogP contribution in [0.1, 0.15) is 6.92 Å². The average Bonchev–Trinajstić information content (AvgIpc) is 2.75. The summed E-state index contributed by atoms with van der Waals surface area (Å²) in [4.78, 5) is 11.1. The van der Waals surface area contributed by atoms with Crippen LogP contribution >= 0.6 is 11.6 Å². The van der Waals surface area contributed by atoms with E-state index < -0.39 is 34.6 Å². The molecule has 0 aliphatic heterocycles. The first-order valence-corrected chi connectivity index (χ1v) is 11.0. The van der Waals surface area contributed by atoms with Crippen molar-refractivity contribution in [2.24, 2.45) is 0 Å². The van der Waals surface area contributed by atoms with E-state index in [9.17, 15) is 18.3 Å². The fourth-order valence-corrected chi connectivity index (χ4v) is 3.76. The quantitative estimate of drug-likeness (QED) is 0.386. The fourth-order valence-electron chi connectivity index (χ4n) is 2.35. The number of carbonyl (C=O) groups is 1. The lowest BCUT2D eigenvalue weighted by Gasteiger charge is -2.15. The molecule has 0 aliphatic carbocycles. The number of carbonyl (C=O) groups excluding carboxylic acids is 1. The first-order valence-electron chi connectivity index (χ1n) is 8.99. The summed E-state index contributed by atoms with van der Waals surface area (Å²) in [5.41, 5.74) is 0. The number of alkyl halides is 1. The lowest BCUT2D eigenvalue weighted by molar-refractivity contribution is -0.146. The van der Waals surface area contributed by atoms with Crippen molar-refractivity contribution in [1.82, 2.24) is 0 Å². The minimum Gasteiger partial charge on any atom is -0.491 e. The van der Waals surface area contributed by atoms with E-state index in [1.807, 2.05) is 0 Å². The summed E-state index contributed by atoms with van der Waals surface area (Å²) in [6, 6.07) is 11.5. The van der Waals surface area contributed by atoms with E-state index in [1.54, 1.807) is 0 Å². The zero-order chi connectivity index (χ0) is 22.1. The molecule has 10 heteroatoms. The molecule has 0 unspecified atom stereocenters. The van der Waals surface area contributed by atoms with Gasteiger partial charge in [-0.25, -0.2) is 8.42 Å². The van der Waals surface area contributed by atoms with Gasteiger partial charge >= 0.3 is 5.97 Å². The van der Waals surface area contributed by atoms with Gasteiger partial charge in [-0.2, -0.15) is 0 Å². The number of esters is 1. The van der Waals surface area contributed by atoms with E-state index in [4.69, 9.17) is 30.9 Å². The van der Waals surface area contributed by atoms with E-state index >= 15 is 0 Å². The Balaban J connectivity index is 2.03. The molecule has 0 spiro atoms. The highest BCUT2D eigenvalue weighted by atomic mass is 35.5. The molecule has 2 N–H and O–H groups in total. The Morgan fingerprint density at radius 3 is 1.83 bits per heavy atom. The van der Waals surface area contributed by atoms with Crippen LogP contribution in [-0.4, -0.2) is 62.5 Å². The summed E-state index contributed by atoms with van der Waals surface area (Å²) < 4.78 is 41.3. The maximum atomic E-state index is 12.8. The molecule has 0 saturated heterocycles. The lowest BCUT2D eigenvalue weighted by Crippen LogP contribution is -2.25. The topological polar surface area (TPSA) is 119 Å². The van der Waals surface area contributed by atoms with Crippen molar-refractivity contribution < 1.29 is 37.6 Å². The number of benzene rings is 2. The van der Waals surface area contributed by atoms with Gasteiger partial charge in [0.2, 0.25) is 9.84 Å². The molecule has 0 aliphatic rings. The molecule has 2 atom stereocenters. The predicted octanol–water partition coefficient (Wildman–Crippen LogP) is 1.80. The number of hydrogen-bond acceptors (Lipinski definition) is 8. The zero-order valence-corrected chi connectivity index (χ0v) is 17.8. The Hall–Kier alpha value is -2.33. The molecule has 2 aromatic rings. The maximum Gasteiger partial charge on any atom is 0.303 e. The van der Waals surface area contributed by atoms with Gasteiger partial charge in [-0.05, 0) is 48.5 Å². The van der Waals surface area contributed by atoms with Crippen molar-refractivity contribution in [3.05, 3.63) is 48.5 Å². The Morgan fingerprint density at radius 2 is 1.43 bits per heavy atom. The van der Waals surface area contributed by atoms with Gasteiger partial charge < -0.3 is 24.4 Å². The molecule has 0 saturated carbocycles. The molecule has 0 heterocycles. The normalized spacial score (nSPS) is 13.3. The van der Waals surface area contributed by atoms with Gasteiger partial charge in [0.15, 0.2) is 0 Å². The standard InChI is InChI=1S/C20H23ClO8S/c1-14(23)29-18(10-21)13-28-17-4-8-20(9-5-17)30(25,26)19-6-2-16(3-7-19)27-12-15(24)11-22/h2-9,15,18,22,24H,10-13H2,1H3/t15-,18+/m1/s1. The third-order valence-electron chi connectivity index (χ3n) is 3.86. The van der Waals surface area contributed by atoms with Crippen LogP contribution in [0.2, 0.25) is 0 Å². The van der Waals surface area contributed by atoms with Crippen LogP contribution in [0.3, 0.4) is 0 Å². The highest BCUT2D eigenvalue weighted by Gasteiger charge is 2.18. The van der Waals surface area contributed by atoms with Gasteiger partial charge in [0, 0.05) is 6.92 Å². The van der Waals surface area contributed by atoms with Crippen LogP contribution < -0.4 is 9.47 Å². The highest BCUT2D eigenvalue weighted by Crippen LogP contribution is 2.25. The number of rotatable bonds is 11. The molecule has 0 radical (unpaired) electrons. The van der Waals surface area contributed by atoms with Crippen LogP contribution in [0.4, 0.5) is 0 Å². The summed E-state index contributed by atoms with van der Waals surface area (Å²) in [6.07, 6.45) is -1.62. The smallest absolute Gasteiger partial charge is 0.303 e. The Kier molecular flexibility index (Phi) is 8.91. The van der Waals surface area contributed by atoms with Crippen LogP contribution in [0.15, 0.2) is 58.3 Å². The van der Waals surface area contributed by atoms with Crippen molar-refractivity contribution in [3.63, 3.8) is 0 Å². The molecular formula is C20H23ClO8S. The van der Waals surface area contributed by atoms with Crippen molar-refractivity contribution in [2.45, 2.75) is 28.9 Å². The van der Waals surface area contributed by atoms with Gasteiger partial charge in [-0.15, -0.1) is 11.6 Å². The van der Waals surface area contributed by atoms with Gasteiger partial charge in [0.05, 0.1) is 22.3 Å². The van der Waals surface area contributed by atoms with Gasteiger partial charge in [-0.3, -0.25) is 4.79 Å². The number of sulfone groups is 1. The van der Waals surface area contributed by atoms with E-state index in [0.717, 1.165) is 0 Å². The third kappa shape index (κ3) is 6.88. The first kappa shape index (κ1) is 23.9. The van der Waals surface area contributed by atoms with E-state index in [0.29, 0.717) is 11.5 Å². The minimum atomic E-state index is -3.75. The molecular weight excluding hydrogens is 436 g/mol. The van der Waals surface area contributed by atoms with E-state index in [-0.39, 0.29) is 28.9 Å². The van der Waals surface area contributed by atoms with E-state index in [1.165, 1.54) is 55.5 Å². The number of aliphatic hydroxyl groups excluding tert-OH is 2. The summed E-state index contributed by atoms with van der Waals surface area (Å²) >= 11 is 5.72. The molecule has 2 rings (SSSR count). The van der Waals surface area contributed by atoms with Gasteiger partial charge in [-0.1, -0.05) is 0 Å². The van der Waals surface area contributed by atoms with Crippen molar-refractivity contribution >= 4 is 27.4 Å². The molecule has 0 amide bonds.